The van der Waals surface area contributed by atoms with Crippen LogP contribution < -0.4 is 11.1 Å². The van der Waals surface area contributed by atoms with Gasteiger partial charge in [-0.2, -0.15) is 0 Å². The van der Waals surface area contributed by atoms with Crippen molar-refractivity contribution in [1.82, 2.24) is 5.32 Å². The summed E-state index contributed by atoms with van der Waals surface area (Å²) in [6, 6.07) is 19.5. The third-order valence-electron chi connectivity index (χ3n) is 5.31. The highest BCUT2D eigenvalue weighted by Gasteiger charge is 2.45. The van der Waals surface area contributed by atoms with E-state index in [0.29, 0.717) is 24.9 Å². The van der Waals surface area contributed by atoms with E-state index >= 15 is 0 Å². The van der Waals surface area contributed by atoms with Crippen LogP contribution >= 0.6 is 0 Å². The number of hydrogen-bond acceptors (Lipinski definition) is 2. The number of nitrogens with one attached hydrogen (secondary N) is 1. The van der Waals surface area contributed by atoms with Gasteiger partial charge in [-0.15, -0.1) is 0 Å². The zero-order valence-corrected chi connectivity index (χ0v) is 14.2. The van der Waals surface area contributed by atoms with E-state index in [2.05, 4.69) is 22.3 Å². The van der Waals surface area contributed by atoms with E-state index in [1.807, 2.05) is 48.5 Å². The van der Waals surface area contributed by atoms with Crippen molar-refractivity contribution < 1.29 is 4.79 Å². The van der Waals surface area contributed by atoms with Gasteiger partial charge in [0, 0.05) is 30.4 Å². The molecule has 1 aliphatic carbocycles. The van der Waals surface area contributed by atoms with Gasteiger partial charge < -0.3 is 5.32 Å². The summed E-state index contributed by atoms with van der Waals surface area (Å²) in [5, 5.41) is 3.10. The van der Waals surface area contributed by atoms with Gasteiger partial charge in [0.05, 0.1) is 0 Å². The molecule has 25 heavy (non-hydrogen) atoms. The first kappa shape index (κ1) is 17.2. The van der Waals surface area contributed by atoms with Gasteiger partial charge in [0.2, 0.25) is 0 Å². The van der Waals surface area contributed by atoms with E-state index in [-0.39, 0.29) is 11.3 Å². The number of amides is 1. The standard InChI is InChI=1S/C21H23N3O/c1-23-21(22)14-12-20(13-15-21,18-10-6-3-7-11-18)16-24-19(25)17-8-4-2-5-9-17/h2-11H,12-16,22H2,(H,24,25). The molecule has 4 heteroatoms. The Kier molecular flexibility index (Phi) is 4.87. The molecule has 0 aliphatic heterocycles. The summed E-state index contributed by atoms with van der Waals surface area (Å²) >= 11 is 0. The molecule has 2 aromatic rings. The molecule has 1 amide bonds. The SMILES string of the molecule is [C-]#[N+]C1(N)CCC(CNC(=O)c2ccccc2)(c2ccccc2)CC1. The molecule has 3 N–H and O–H groups in total. The summed E-state index contributed by atoms with van der Waals surface area (Å²) in [6.45, 7) is 7.90. The number of nitrogens with two attached hydrogens (primary N) is 1. The maximum Gasteiger partial charge on any atom is 0.283 e. The fourth-order valence-corrected chi connectivity index (χ4v) is 3.57. The van der Waals surface area contributed by atoms with Crippen molar-refractivity contribution in [2.45, 2.75) is 36.8 Å². The maximum absolute atomic E-state index is 12.5. The van der Waals surface area contributed by atoms with Crippen LogP contribution in [0, 0.1) is 6.57 Å². The van der Waals surface area contributed by atoms with Crippen molar-refractivity contribution in [2.75, 3.05) is 6.54 Å². The molecule has 1 aliphatic rings. The van der Waals surface area contributed by atoms with Crippen LogP contribution in [0.5, 0.6) is 0 Å². The van der Waals surface area contributed by atoms with E-state index in [1.54, 1.807) is 0 Å². The molecule has 0 heterocycles. The highest BCUT2D eigenvalue weighted by atomic mass is 16.1. The molecule has 128 valence electrons. The second kappa shape index (κ2) is 7.08. The molecule has 2 aromatic carbocycles. The summed E-state index contributed by atoms with van der Waals surface area (Å²) in [6.07, 6.45) is 2.88. The molecule has 0 aromatic heterocycles. The summed E-state index contributed by atoms with van der Waals surface area (Å²) < 4.78 is 0. The zero-order chi connectivity index (χ0) is 17.8. The van der Waals surface area contributed by atoms with Crippen LogP contribution in [-0.4, -0.2) is 18.1 Å². The average molecular weight is 333 g/mol. The fraction of sp³-hybridized carbons (Fsp3) is 0.333. The Hall–Kier alpha value is -2.64. The van der Waals surface area contributed by atoms with Crippen LogP contribution in [0.1, 0.15) is 41.6 Å². The third-order valence-corrected chi connectivity index (χ3v) is 5.31. The van der Waals surface area contributed by atoms with Crippen molar-refractivity contribution in [2.24, 2.45) is 5.73 Å². The van der Waals surface area contributed by atoms with Crippen LogP contribution in [-0.2, 0) is 5.41 Å². The van der Waals surface area contributed by atoms with Gasteiger partial charge in [-0.3, -0.25) is 15.4 Å². The van der Waals surface area contributed by atoms with E-state index in [0.717, 1.165) is 12.8 Å². The molecular weight excluding hydrogens is 310 g/mol. The average Bonchev–Trinajstić information content (AvgIpc) is 2.69. The number of nitrogens with zero attached hydrogens (tertiary/aromatic N) is 1. The van der Waals surface area contributed by atoms with E-state index in [4.69, 9.17) is 12.3 Å². The van der Waals surface area contributed by atoms with Gasteiger partial charge in [0.25, 0.3) is 11.6 Å². The highest BCUT2D eigenvalue weighted by molar-refractivity contribution is 5.94. The Morgan fingerprint density at radius 1 is 1.00 bits per heavy atom. The number of carbonyl (C=O) groups excluding carboxylic acids is 1. The molecule has 0 spiro atoms. The summed E-state index contributed by atoms with van der Waals surface area (Å²) in [4.78, 5) is 16.1. The summed E-state index contributed by atoms with van der Waals surface area (Å²) in [5.41, 5.74) is 7.10. The second-order valence-corrected chi connectivity index (χ2v) is 6.91. The molecule has 0 bridgehead atoms. The van der Waals surface area contributed by atoms with Crippen molar-refractivity contribution in [3.63, 3.8) is 0 Å². The van der Waals surface area contributed by atoms with Crippen LogP contribution in [0.2, 0.25) is 0 Å². The van der Waals surface area contributed by atoms with Crippen LogP contribution in [0.25, 0.3) is 4.85 Å². The molecule has 0 atom stereocenters. The Labute approximate surface area is 148 Å². The molecular formula is C21H23N3O. The lowest BCUT2D eigenvalue weighted by atomic mass is 9.66. The van der Waals surface area contributed by atoms with E-state index < -0.39 is 5.66 Å². The zero-order valence-electron chi connectivity index (χ0n) is 14.2. The van der Waals surface area contributed by atoms with Gasteiger partial charge >= 0.3 is 0 Å². The van der Waals surface area contributed by atoms with Crippen molar-refractivity contribution >= 4 is 5.91 Å². The first-order chi connectivity index (χ1) is 12.1. The second-order valence-electron chi connectivity index (χ2n) is 6.91. The largest absolute Gasteiger partial charge is 0.351 e. The Morgan fingerprint density at radius 3 is 2.12 bits per heavy atom. The van der Waals surface area contributed by atoms with Gasteiger partial charge in [0.1, 0.15) is 0 Å². The lowest BCUT2D eigenvalue weighted by Gasteiger charge is -2.40. The van der Waals surface area contributed by atoms with Gasteiger partial charge in [-0.25, -0.2) is 6.57 Å². The maximum atomic E-state index is 12.5. The smallest absolute Gasteiger partial charge is 0.283 e. The molecule has 0 saturated heterocycles. The predicted molar refractivity (Wildman–Crippen MR) is 98.9 cm³/mol. The van der Waals surface area contributed by atoms with Crippen LogP contribution in [0.4, 0.5) is 0 Å². The van der Waals surface area contributed by atoms with E-state index in [1.165, 1.54) is 5.56 Å². The van der Waals surface area contributed by atoms with Crippen LogP contribution in [0.15, 0.2) is 60.7 Å². The van der Waals surface area contributed by atoms with E-state index in [9.17, 15) is 4.79 Å². The lowest BCUT2D eigenvalue weighted by Crippen LogP contribution is -2.49. The first-order valence-electron chi connectivity index (χ1n) is 8.63. The number of carbonyl (C=O) groups is 1. The molecule has 4 nitrogen and oxygen atoms in total. The molecule has 3 rings (SSSR count). The first-order valence-corrected chi connectivity index (χ1v) is 8.63. The number of hydrogen-bond donors (Lipinski definition) is 2. The molecule has 1 fully saturated rings. The van der Waals surface area contributed by atoms with Crippen molar-refractivity contribution in [1.29, 1.82) is 0 Å². The van der Waals surface area contributed by atoms with Gasteiger partial charge in [-0.05, 0) is 30.5 Å². The lowest BCUT2D eigenvalue weighted by molar-refractivity contribution is 0.0933. The number of benzene rings is 2. The van der Waals surface area contributed by atoms with Gasteiger partial charge in [0.15, 0.2) is 0 Å². The topological polar surface area (TPSA) is 59.5 Å². The quantitative estimate of drug-likeness (QED) is 0.841. The monoisotopic (exact) mass is 333 g/mol. The fourth-order valence-electron chi connectivity index (χ4n) is 3.57. The number of rotatable bonds is 4. The molecule has 0 unspecified atom stereocenters. The summed E-state index contributed by atoms with van der Waals surface area (Å²) in [5.74, 6) is -0.0642. The normalized spacial score (nSPS) is 25.8. The Bertz CT molecular complexity index is 757. The summed E-state index contributed by atoms with van der Waals surface area (Å²) in [7, 11) is 0. The van der Waals surface area contributed by atoms with Crippen LogP contribution in [0.3, 0.4) is 0 Å². The molecule has 1 saturated carbocycles. The van der Waals surface area contributed by atoms with Gasteiger partial charge in [-0.1, -0.05) is 48.5 Å². The van der Waals surface area contributed by atoms with Crippen molar-refractivity contribution in [3.8, 4) is 0 Å². The van der Waals surface area contributed by atoms with Crippen molar-refractivity contribution in [3.05, 3.63) is 83.2 Å². The Morgan fingerprint density at radius 2 is 1.56 bits per heavy atom. The highest BCUT2D eigenvalue weighted by Crippen LogP contribution is 2.42. The molecule has 0 radical (unpaired) electrons. The third kappa shape index (κ3) is 3.72. The minimum atomic E-state index is -0.762. The Balaban J connectivity index is 1.79. The minimum Gasteiger partial charge on any atom is -0.351 e. The minimum absolute atomic E-state index is 0.0642. The predicted octanol–water partition coefficient (Wildman–Crippen LogP) is 3.50.